The van der Waals surface area contributed by atoms with E-state index in [1.165, 1.54) is 0 Å². The molecule has 1 heterocycles. The molecule has 1 atom stereocenters. The number of rotatable bonds is 6. The second-order valence-corrected chi connectivity index (χ2v) is 6.27. The summed E-state index contributed by atoms with van der Waals surface area (Å²) in [5, 5.41) is 13.1. The summed E-state index contributed by atoms with van der Waals surface area (Å²) >= 11 is 6.99. The van der Waals surface area contributed by atoms with Crippen molar-refractivity contribution in [2.45, 2.75) is 32.4 Å². The van der Waals surface area contributed by atoms with Crippen LogP contribution in [0.5, 0.6) is 0 Å². The number of esters is 1. The van der Waals surface area contributed by atoms with Crippen molar-refractivity contribution in [3.8, 4) is 6.07 Å². The molecule has 0 aliphatic rings. The van der Waals surface area contributed by atoms with Gasteiger partial charge in [0.15, 0.2) is 5.15 Å². The molecule has 23 heavy (non-hydrogen) atoms. The van der Waals surface area contributed by atoms with E-state index in [-0.39, 0.29) is 35.3 Å². The first-order valence-electron chi connectivity index (χ1n) is 7.07. The largest absolute Gasteiger partial charge is 0.463 e. The zero-order valence-corrected chi connectivity index (χ0v) is 14.3. The monoisotopic (exact) mass is 349 g/mol. The summed E-state index contributed by atoms with van der Waals surface area (Å²) in [6, 6.07) is 11.2. The second kappa shape index (κ2) is 7.95. The van der Waals surface area contributed by atoms with E-state index in [0.29, 0.717) is 5.00 Å². The summed E-state index contributed by atoms with van der Waals surface area (Å²) in [4.78, 5) is 12.0. The number of carbonyl (C=O) groups is 1. The van der Waals surface area contributed by atoms with Gasteiger partial charge in [-0.2, -0.15) is 9.64 Å². The number of aromatic nitrogens is 1. The van der Waals surface area contributed by atoms with E-state index in [0.717, 1.165) is 17.1 Å². The van der Waals surface area contributed by atoms with Crippen molar-refractivity contribution in [3.05, 3.63) is 46.6 Å². The summed E-state index contributed by atoms with van der Waals surface area (Å²) < 4.78 is 9.19. The van der Waals surface area contributed by atoms with Gasteiger partial charge >= 0.3 is 5.97 Å². The van der Waals surface area contributed by atoms with Crippen molar-refractivity contribution >= 4 is 34.1 Å². The van der Waals surface area contributed by atoms with Gasteiger partial charge in [-0.15, -0.1) is 0 Å². The van der Waals surface area contributed by atoms with Crippen LogP contribution in [0.4, 0.5) is 5.00 Å². The van der Waals surface area contributed by atoms with E-state index < -0.39 is 0 Å². The number of nitrogens with one attached hydrogen (secondary N) is 1. The van der Waals surface area contributed by atoms with Gasteiger partial charge in [0.1, 0.15) is 16.6 Å². The standard InChI is InChI=1S/C16H16ClN3O2S/c1-10(2)22-14(21)8-13(11-6-4-3-5-7-11)19-16-12(9-18)15(17)20-23-16/h3-7,10,13,19H,8H2,1-2H3. The van der Waals surface area contributed by atoms with Crippen LogP contribution in [0.1, 0.15) is 37.4 Å². The smallest absolute Gasteiger partial charge is 0.308 e. The molecule has 0 aliphatic heterocycles. The van der Waals surface area contributed by atoms with Gasteiger partial charge in [-0.05, 0) is 30.9 Å². The Bertz CT molecular complexity index is 710. The molecule has 0 amide bonds. The third-order valence-electron chi connectivity index (χ3n) is 3.01. The Kier molecular flexibility index (Phi) is 5.97. The minimum Gasteiger partial charge on any atom is -0.463 e. The Hall–Kier alpha value is -2.10. The van der Waals surface area contributed by atoms with Crippen molar-refractivity contribution in [3.63, 3.8) is 0 Å². The van der Waals surface area contributed by atoms with E-state index in [4.69, 9.17) is 16.3 Å². The quantitative estimate of drug-likeness (QED) is 0.792. The lowest BCUT2D eigenvalue weighted by molar-refractivity contribution is -0.147. The first-order valence-corrected chi connectivity index (χ1v) is 8.22. The van der Waals surface area contributed by atoms with Crippen molar-refractivity contribution in [1.82, 2.24) is 4.37 Å². The van der Waals surface area contributed by atoms with E-state index in [1.54, 1.807) is 13.8 Å². The number of benzene rings is 1. The normalized spacial score (nSPS) is 11.8. The van der Waals surface area contributed by atoms with Gasteiger partial charge in [-0.3, -0.25) is 4.79 Å². The summed E-state index contributed by atoms with van der Waals surface area (Å²) in [7, 11) is 0. The molecule has 5 nitrogen and oxygen atoms in total. The molecule has 7 heteroatoms. The highest BCUT2D eigenvalue weighted by atomic mass is 35.5. The summed E-state index contributed by atoms with van der Waals surface area (Å²) in [6.45, 7) is 3.61. The van der Waals surface area contributed by atoms with Crippen LogP contribution >= 0.6 is 23.1 Å². The van der Waals surface area contributed by atoms with Crippen LogP contribution in [-0.4, -0.2) is 16.4 Å². The number of halogens is 1. The lowest BCUT2D eigenvalue weighted by Gasteiger charge is -2.19. The number of hydrogen-bond acceptors (Lipinski definition) is 6. The Labute approximate surface area is 144 Å². The fraction of sp³-hybridized carbons (Fsp3) is 0.312. The van der Waals surface area contributed by atoms with Crippen LogP contribution in [0.15, 0.2) is 30.3 Å². The van der Waals surface area contributed by atoms with Crippen molar-refractivity contribution in [1.29, 1.82) is 5.26 Å². The zero-order chi connectivity index (χ0) is 16.8. The lowest BCUT2D eigenvalue weighted by atomic mass is 10.0. The van der Waals surface area contributed by atoms with Gasteiger partial charge in [0.2, 0.25) is 0 Å². The molecule has 1 unspecified atom stereocenters. The van der Waals surface area contributed by atoms with Gasteiger partial charge in [-0.25, -0.2) is 0 Å². The molecule has 2 rings (SSSR count). The van der Waals surface area contributed by atoms with Gasteiger partial charge < -0.3 is 10.1 Å². The first-order chi connectivity index (χ1) is 11.0. The number of anilines is 1. The maximum atomic E-state index is 12.0. The number of hydrogen-bond donors (Lipinski definition) is 1. The summed E-state index contributed by atoms with van der Waals surface area (Å²) in [6.07, 6.45) is -0.0331. The van der Waals surface area contributed by atoms with Gasteiger partial charge in [0, 0.05) is 0 Å². The Morgan fingerprint density at radius 3 is 2.74 bits per heavy atom. The summed E-state index contributed by atoms with van der Waals surface area (Å²) in [5.74, 6) is -0.310. The molecular formula is C16H16ClN3O2S. The van der Waals surface area contributed by atoms with Crippen LogP contribution in [-0.2, 0) is 9.53 Å². The minimum absolute atomic E-state index is 0.141. The van der Waals surface area contributed by atoms with E-state index >= 15 is 0 Å². The molecule has 0 aliphatic carbocycles. The molecule has 0 fully saturated rings. The molecular weight excluding hydrogens is 334 g/mol. The highest BCUT2D eigenvalue weighted by Gasteiger charge is 2.21. The Balaban J connectivity index is 2.23. The third-order valence-corrected chi connectivity index (χ3v) is 4.16. The molecule has 2 aromatic rings. The van der Waals surface area contributed by atoms with Gasteiger partial charge in [0.05, 0.1) is 18.6 Å². The maximum Gasteiger partial charge on any atom is 0.308 e. The van der Waals surface area contributed by atoms with Crippen LogP contribution < -0.4 is 5.32 Å². The predicted molar refractivity (Wildman–Crippen MR) is 90.5 cm³/mol. The highest BCUT2D eigenvalue weighted by molar-refractivity contribution is 7.10. The third kappa shape index (κ3) is 4.68. The van der Waals surface area contributed by atoms with Gasteiger partial charge in [0.25, 0.3) is 0 Å². The molecule has 1 aromatic heterocycles. The summed E-state index contributed by atoms with van der Waals surface area (Å²) in [5.41, 5.74) is 1.21. The highest BCUT2D eigenvalue weighted by Crippen LogP contribution is 2.32. The number of carbonyl (C=O) groups excluding carboxylic acids is 1. The van der Waals surface area contributed by atoms with Crippen molar-refractivity contribution < 1.29 is 9.53 Å². The molecule has 0 spiro atoms. The Morgan fingerprint density at radius 2 is 2.13 bits per heavy atom. The van der Waals surface area contributed by atoms with Crippen LogP contribution in [0.25, 0.3) is 0 Å². The number of nitriles is 1. The molecule has 0 radical (unpaired) electrons. The average molecular weight is 350 g/mol. The number of nitrogens with zero attached hydrogens (tertiary/aromatic N) is 2. The molecule has 0 saturated heterocycles. The molecule has 120 valence electrons. The lowest BCUT2D eigenvalue weighted by Crippen LogP contribution is -2.19. The van der Waals surface area contributed by atoms with E-state index in [1.807, 2.05) is 36.4 Å². The van der Waals surface area contributed by atoms with Crippen molar-refractivity contribution in [2.75, 3.05) is 5.32 Å². The molecule has 1 aromatic carbocycles. The van der Waals surface area contributed by atoms with E-state index in [9.17, 15) is 10.1 Å². The molecule has 1 N–H and O–H groups in total. The fourth-order valence-electron chi connectivity index (χ4n) is 2.04. The van der Waals surface area contributed by atoms with E-state index in [2.05, 4.69) is 9.69 Å². The zero-order valence-electron chi connectivity index (χ0n) is 12.7. The van der Waals surface area contributed by atoms with Crippen LogP contribution in [0.3, 0.4) is 0 Å². The SMILES string of the molecule is CC(C)OC(=O)CC(Nc1snc(Cl)c1C#N)c1ccccc1. The predicted octanol–water partition coefficient (Wildman–Crippen LogP) is 4.16. The fourth-order valence-corrected chi connectivity index (χ4v) is 3.03. The van der Waals surface area contributed by atoms with Crippen LogP contribution in [0.2, 0.25) is 5.15 Å². The van der Waals surface area contributed by atoms with Crippen LogP contribution in [0, 0.1) is 11.3 Å². The molecule has 0 bridgehead atoms. The first kappa shape index (κ1) is 17.3. The number of ether oxygens (including phenoxy) is 1. The second-order valence-electron chi connectivity index (χ2n) is 5.14. The maximum absolute atomic E-state index is 12.0. The van der Waals surface area contributed by atoms with Gasteiger partial charge in [-0.1, -0.05) is 41.9 Å². The molecule has 0 saturated carbocycles. The topological polar surface area (TPSA) is 75.0 Å². The Morgan fingerprint density at radius 1 is 1.43 bits per heavy atom. The average Bonchev–Trinajstić information content (AvgIpc) is 2.86. The minimum atomic E-state index is -0.328. The van der Waals surface area contributed by atoms with Crippen molar-refractivity contribution in [2.24, 2.45) is 0 Å².